The monoisotopic (exact) mass is 270 g/mol. The fourth-order valence-electron chi connectivity index (χ4n) is 0.941. The molecule has 0 aromatic heterocycles. The van der Waals surface area contributed by atoms with E-state index >= 15 is 0 Å². The summed E-state index contributed by atoms with van der Waals surface area (Å²) in [5, 5.41) is 2.37. The number of rotatable bonds is 6. The molecule has 1 atom stereocenters. The highest BCUT2D eigenvalue weighted by Gasteiger charge is 2.26. The summed E-state index contributed by atoms with van der Waals surface area (Å²) in [6, 6.07) is -0.384. The van der Waals surface area contributed by atoms with Gasteiger partial charge < -0.3 is 15.8 Å². The number of nitrogens with one attached hydrogen (secondary N) is 1. The van der Waals surface area contributed by atoms with Crippen molar-refractivity contribution in [2.75, 3.05) is 13.7 Å². The normalized spacial score (nSPS) is 12.3. The highest BCUT2D eigenvalue weighted by Crippen LogP contribution is 2.07. The zero-order chi connectivity index (χ0) is 12.8. The molecule has 0 aliphatic carbocycles. The molecule has 102 valence electrons. The summed E-state index contributed by atoms with van der Waals surface area (Å²) in [6.45, 7) is 2.48. The molecule has 0 saturated heterocycles. The Morgan fingerprint density at radius 1 is 1.47 bits per heavy atom. The van der Waals surface area contributed by atoms with Gasteiger partial charge in [-0.25, -0.2) is 4.39 Å². The maximum absolute atomic E-state index is 13.1. The van der Waals surface area contributed by atoms with Crippen LogP contribution in [0.5, 0.6) is 0 Å². The van der Waals surface area contributed by atoms with Gasteiger partial charge in [0.2, 0.25) is 0 Å². The molecular weight excluding hydrogens is 251 g/mol. The first-order valence-electron chi connectivity index (χ1n) is 5.07. The molecule has 0 unspecified atom stereocenters. The molecule has 0 radical (unpaired) electrons. The van der Waals surface area contributed by atoms with Gasteiger partial charge in [0.05, 0.1) is 7.11 Å². The molecule has 3 N–H and O–H groups in total. The van der Waals surface area contributed by atoms with E-state index in [-0.39, 0.29) is 37.4 Å². The van der Waals surface area contributed by atoms with E-state index in [0.29, 0.717) is 6.42 Å². The Balaban J connectivity index is 0. The molecule has 7 heteroatoms. The Labute approximate surface area is 107 Å². The van der Waals surface area contributed by atoms with Gasteiger partial charge in [-0.05, 0) is 20.3 Å². The van der Waals surface area contributed by atoms with Gasteiger partial charge in [-0.3, -0.25) is 9.59 Å². The summed E-state index contributed by atoms with van der Waals surface area (Å²) >= 11 is 0. The van der Waals surface area contributed by atoms with Crippen molar-refractivity contribution in [3.63, 3.8) is 0 Å². The highest BCUT2D eigenvalue weighted by atomic mass is 35.5. The van der Waals surface area contributed by atoms with Crippen LogP contribution < -0.4 is 11.1 Å². The van der Waals surface area contributed by atoms with Gasteiger partial charge in [0, 0.05) is 19.0 Å². The number of carbonyl (C=O) groups excluding carboxylic acids is 2. The second kappa shape index (κ2) is 8.25. The second-order valence-corrected chi connectivity index (χ2v) is 4.06. The fraction of sp³-hybridized carbons (Fsp3) is 0.800. The van der Waals surface area contributed by atoms with Crippen molar-refractivity contribution in [2.45, 2.75) is 38.4 Å². The third-order valence-corrected chi connectivity index (χ3v) is 2.01. The van der Waals surface area contributed by atoms with Crippen LogP contribution in [0.2, 0.25) is 0 Å². The van der Waals surface area contributed by atoms with E-state index in [4.69, 9.17) is 5.73 Å². The van der Waals surface area contributed by atoms with E-state index in [2.05, 4.69) is 10.1 Å². The van der Waals surface area contributed by atoms with Gasteiger partial charge in [-0.1, -0.05) is 0 Å². The van der Waals surface area contributed by atoms with Crippen LogP contribution in [0.1, 0.15) is 26.7 Å². The Morgan fingerprint density at radius 2 is 2.00 bits per heavy atom. The van der Waals surface area contributed by atoms with Crippen molar-refractivity contribution in [1.82, 2.24) is 5.32 Å². The Bertz CT molecular complexity index is 256. The standard InChI is InChI=1S/C10H19FN2O3.ClH/c1-10(2,11)9(15)13-6-7(12)4-5-8(14)16-3;/h7H,4-6,12H2,1-3H3,(H,13,15);1H/t7-;/m0./s1. The number of amides is 1. The number of nitrogens with two attached hydrogens (primary N) is 1. The molecule has 0 bridgehead atoms. The number of carbonyl (C=O) groups is 2. The zero-order valence-electron chi connectivity index (χ0n) is 10.3. The lowest BCUT2D eigenvalue weighted by Crippen LogP contribution is -2.44. The summed E-state index contributed by atoms with van der Waals surface area (Å²) in [7, 11) is 1.29. The average molecular weight is 271 g/mol. The van der Waals surface area contributed by atoms with Crippen molar-refractivity contribution < 1.29 is 18.7 Å². The number of alkyl halides is 1. The minimum atomic E-state index is -1.91. The summed E-state index contributed by atoms with van der Waals surface area (Å²) in [5.41, 5.74) is 3.71. The van der Waals surface area contributed by atoms with Gasteiger partial charge in [-0.15, -0.1) is 12.4 Å². The molecule has 0 aromatic carbocycles. The van der Waals surface area contributed by atoms with Crippen LogP contribution >= 0.6 is 12.4 Å². The molecule has 0 heterocycles. The van der Waals surface area contributed by atoms with Crippen molar-refractivity contribution in [3.05, 3.63) is 0 Å². The molecule has 0 aliphatic heterocycles. The SMILES string of the molecule is COC(=O)CC[C@H](N)CNC(=O)C(C)(C)F.Cl. The van der Waals surface area contributed by atoms with Crippen molar-refractivity contribution in [2.24, 2.45) is 5.73 Å². The molecule has 0 rings (SSSR count). The van der Waals surface area contributed by atoms with E-state index in [1.54, 1.807) is 0 Å². The van der Waals surface area contributed by atoms with Crippen molar-refractivity contribution in [1.29, 1.82) is 0 Å². The summed E-state index contributed by atoms with van der Waals surface area (Å²) in [6.07, 6.45) is 0.576. The van der Waals surface area contributed by atoms with Gasteiger partial charge in [0.15, 0.2) is 5.67 Å². The number of hydrogen-bond donors (Lipinski definition) is 2. The van der Waals surface area contributed by atoms with Gasteiger partial charge in [0.25, 0.3) is 5.91 Å². The fourth-order valence-corrected chi connectivity index (χ4v) is 0.941. The molecule has 0 aromatic rings. The van der Waals surface area contributed by atoms with Gasteiger partial charge in [0.1, 0.15) is 0 Å². The maximum atomic E-state index is 13.1. The van der Waals surface area contributed by atoms with Crippen LogP contribution in [0, 0.1) is 0 Å². The lowest BCUT2D eigenvalue weighted by atomic mass is 10.1. The molecule has 0 spiro atoms. The van der Waals surface area contributed by atoms with Crippen molar-refractivity contribution in [3.8, 4) is 0 Å². The van der Waals surface area contributed by atoms with E-state index in [9.17, 15) is 14.0 Å². The topological polar surface area (TPSA) is 81.4 Å². The van der Waals surface area contributed by atoms with Crippen LogP contribution in [0.15, 0.2) is 0 Å². The van der Waals surface area contributed by atoms with Crippen LogP contribution in [0.3, 0.4) is 0 Å². The van der Waals surface area contributed by atoms with Gasteiger partial charge >= 0.3 is 5.97 Å². The quantitative estimate of drug-likeness (QED) is 0.691. The molecular formula is C10H20ClFN2O3. The number of methoxy groups -OCH3 is 1. The molecule has 17 heavy (non-hydrogen) atoms. The lowest BCUT2D eigenvalue weighted by Gasteiger charge is -2.16. The molecule has 0 saturated carbocycles. The third kappa shape index (κ3) is 8.88. The number of hydrogen-bond acceptors (Lipinski definition) is 4. The largest absolute Gasteiger partial charge is 0.469 e. The van der Waals surface area contributed by atoms with Crippen LogP contribution in [-0.4, -0.2) is 37.2 Å². The maximum Gasteiger partial charge on any atom is 0.305 e. The minimum absolute atomic E-state index is 0. The summed E-state index contributed by atoms with van der Waals surface area (Å²) < 4.78 is 17.5. The predicted molar refractivity (Wildman–Crippen MR) is 64.7 cm³/mol. The molecule has 5 nitrogen and oxygen atoms in total. The molecule has 1 amide bonds. The predicted octanol–water partition coefficient (Wildman–Crippen LogP) is 0.553. The molecule has 0 aliphatic rings. The van der Waals surface area contributed by atoms with Crippen LogP contribution in [-0.2, 0) is 14.3 Å². The smallest absolute Gasteiger partial charge is 0.305 e. The Kier molecular flexibility index (Phi) is 8.97. The van der Waals surface area contributed by atoms with Gasteiger partial charge in [-0.2, -0.15) is 0 Å². The van der Waals surface area contributed by atoms with Crippen LogP contribution in [0.4, 0.5) is 4.39 Å². The minimum Gasteiger partial charge on any atom is -0.469 e. The number of ether oxygens (including phenoxy) is 1. The Hall–Kier alpha value is -0.880. The third-order valence-electron chi connectivity index (χ3n) is 2.01. The first-order chi connectivity index (χ1) is 7.27. The number of halogens is 2. The first kappa shape index (κ1) is 18.5. The zero-order valence-corrected chi connectivity index (χ0v) is 11.1. The average Bonchev–Trinajstić information content (AvgIpc) is 2.20. The van der Waals surface area contributed by atoms with E-state index in [1.807, 2.05) is 0 Å². The number of esters is 1. The first-order valence-corrected chi connectivity index (χ1v) is 5.07. The van der Waals surface area contributed by atoms with Crippen LogP contribution in [0.25, 0.3) is 0 Å². The highest BCUT2D eigenvalue weighted by molar-refractivity contribution is 5.85. The van der Waals surface area contributed by atoms with Crippen molar-refractivity contribution >= 4 is 24.3 Å². The van der Waals surface area contributed by atoms with E-state index in [1.165, 1.54) is 21.0 Å². The summed E-state index contributed by atoms with van der Waals surface area (Å²) in [4.78, 5) is 21.9. The Morgan fingerprint density at radius 3 is 2.41 bits per heavy atom. The van der Waals surface area contributed by atoms with E-state index < -0.39 is 11.6 Å². The summed E-state index contributed by atoms with van der Waals surface area (Å²) in [5.74, 6) is -1.06. The molecule has 0 fully saturated rings. The second-order valence-electron chi connectivity index (χ2n) is 4.06. The van der Waals surface area contributed by atoms with E-state index in [0.717, 1.165) is 0 Å². The lowest BCUT2D eigenvalue weighted by molar-refractivity contribution is -0.140.